The van der Waals surface area contributed by atoms with E-state index >= 15 is 0 Å². The lowest BCUT2D eigenvalue weighted by molar-refractivity contribution is -0.147. The minimum atomic E-state index is -3.56. The van der Waals surface area contributed by atoms with Gasteiger partial charge in [-0.05, 0) is 37.7 Å². The smallest absolute Gasteiger partial charge is 0.326 e. The van der Waals surface area contributed by atoms with Crippen molar-refractivity contribution in [3.63, 3.8) is 0 Å². The molecule has 132 valence electrons. The minimum Gasteiger partial charge on any atom is -0.480 e. The largest absolute Gasteiger partial charge is 0.480 e. The van der Waals surface area contributed by atoms with Crippen LogP contribution < -0.4 is 0 Å². The van der Waals surface area contributed by atoms with Gasteiger partial charge in [-0.2, -0.15) is 0 Å². The molecule has 1 aromatic carbocycles. The Balaban J connectivity index is 1.77. The van der Waals surface area contributed by atoms with Gasteiger partial charge in [0.2, 0.25) is 13.3 Å². The lowest BCUT2D eigenvalue weighted by Gasteiger charge is -2.22. The zero-order chi connectivity index (χ0) is 17.6. The van der Waals surface area contributed by atoms with Gasteiger partial charge in [-0.1, -0.05) is 30.3 Å². The summed E-state index contributed by atoms with van der Waals surface area (Å²) in [6, 6.07) is 9.04. The van der Waals surface area contributed by atoms with Crippen LogP contribution in [0.25, 0.3) is 0 Å². The lowest BCUT2D eigenvalue weighted by atomic mass is 10.1. The van der Waals surface area contributed by atoms with E-state index in [0.29, 0.717) is 25.8 Å². The predicted octanol–water partition coefficient (Wildman–Crippen LogP) is 2.36. The van der Waals surface area contributed by atoms with Crippen molar-refractivity contribution in [3.8, 4) is 0 Å². The number of rotatable bonds is 8. The van der Waals surface area contributed by atoms with Crippen LogP contribution in [0.4, 0.5) is 0 Å². The zero-order valence-corrected chi connectivity index (χ0v) is 14.5. The van der Waals surface area contributed by atoms with Crippen molar-refractivity contribution < 1.29 is 24.2 Å². The zero-order valence-electron chi connectivity index (χ0n) is 13.6. The van der Waals surface area contributed by atoms with Crippen molar-refractivity contribution in [3.05, 3.63) is 35.9 Å². The Morgan fingerprint density at radius 1 is 1.21 bits per heavy atom. The van der Waals surface area contributed by atoms with E-state index in [9.17, 15) is 19.0 Å². The van der Waals surface area contributed by atoms with Gasteiger partial charge in [-0.3, -0.25) is 9.36 Å². The van der Waals surface area contributed by atoms with E-state index in [2.05, 4.69) is 0 Å². The molecule has 6 nitrogen and oxygen atoms in total. The first-order valence-corrected chi connectivity index (χ1v) is 10.3. The highest BCUT2D eigenvalue weighted by atomic mass is 31.2. The number of carboxylic acids is 1. The second kappa shape index (κ2) is 8.45. The number of aryl methyl sites for hydroxylation is 1. The van der Waals surface area contributed by atoms with Gasteiger partial charge in [0.05, 0.1) is 0 Å². The first kappa shape index (κ1) is 18.7. The van der Waals surface area contributed by atoms with E-state index in [1.165, 1.54) is 10.5 Å². The van der Waals surface area contributed by atoms with Gasteiger partial charge >= 0.3 is 5.97 Å². The van der Waals surface area contributed by atoms with E-state index in [0.717, 1.165) is 12.8 Å². The van der Waals surface area contributed by atoms with Crippen molar-refractivity contribution in [2.75, 3.05) is 18.9 Å². The summed E-state index contributed by atoms with van der Waals surface area (Å²) >= 11 is 0. The molecule has 24 heavy (non-hydrogen) atoms. The van der Waals surface area contributed by atoms with E-state index in [1.807, 2.05) is 30.3 Å². The molecule has 0 aromatic heterocycles. The van der Waals surface area contributed by atoms with Crippen LogP contribution in [0, 0.1) is 0 Å². The molecule has 1 aromatic rings. The molecule has 7 heteroatoms. The molecule has 1 heterocycles. The predicted molar refractivity (Wildman–Crippen MR) is 91.3 cm³/mol. The molecule has 0 spiro atoms. The third kappa shape index (κ3) is 5.46. The number of amides is 1. The molecule has 0 radical (unpaired) electrons. The maximum absolute atomic E-state index is 12.2. The quantitative estimate of drug-likeness (QED) is 0.553. The van der Waals surface area contributed by atoms with E-state index in [1.54, 1.807) is 0 Å². The van der Waals surface area contributed by atoms with Gasteiger partial charge in [0.1, 0.15) is 12.2 Å². The molecular formula is C17H24NO5P. The molecule has 2 N–H and O–H groups in total. The van der Waals surface area contributed by atoms with Gasteiger partial charge < -0.3 is 14.9 Å². The molecular weight excluding hydrogens is 329 g/mol. The average Bonchev–Trinajstić information content (AvgIpc) is 3.02. The Kier molecular flexibility index (Phi) is 6.58. The second-order valence-corrected chi connectivity index (χ2v) is 8.71. The SMILES string of the molecule is O=C(O)[C@@H]1CCCN1C(=O)CP(=O)(O)CCCCc1ccccc1. The Morgan fingerprint density at radius 2 is 1.92 bits per heavy atom. The third-order valence-corrected chi connectivity index (χ3v) is 6.09. The summed E-state index contributed by atoms with van der Waals surface area (Å²) in [6.07, 6.45) is 2.85. The van der Waals surface area contributed by atoms with Crippen LogP contribution in [0.3, 0.4) is 0 Å². The standard InChI is InChI=1S/C17H24NO5P/c19-16(18-11-6-10-15(18)17(20)21)13-24(22,23)12-5-4-9-14-7-2-1-3-8-14/h1-3,7-8,15H,4-6,9-13H2,(H,20,21)(H,22,23)/t15-/m0/s1. The number of unbranched alkanes of at least 4 members (excludes halogenated alkanes) is 1. The molecule has 1 fully saturated rings. The Hall–Kier alpha value is -1.65. The second-order valence-electron chi connectivity index (χ2n) is 6.25. The van der Waals surface area contributed by atoms with E-state index in [4.69, 9.17) is 5.11 Å². The number of carbonyl (C=O) groups is 2. The molecule has 2 rings (SSSR count). The highest BCUT2D eigenvalue weighted by Gasteiger charge is 2.36. The van der Waals surface area contributed by atoms with Gasteiger partial charge in [0, 0.05) is 12.7 Å². The molecule has 1 aliphatic heterocycles. The summed E-state index contributed by atoms with van der Waals surface area (Å²) in [7, 11) is -3.56. The number of carbonyl (C=O) groups excluding carboxylic acids is 1. The number of hydrogen-bond donors (Lipinski definition) is 2. The summed E-state index contributed by atoms with van der Waals surface area (Å²) in [6.45, 7) is 0.351. The van der Waals surface area contributed by atoms with Crippen LogP contribution in [-0.2, 0) is 20.6 Å². The molecule has 0 saturated carbocycles. The van der Waals surface area contributed by atoms with Crippen LogP contribution >= 0.6 is 7.37 Å². The topological polar surface area (TPSA) is 94.9 Å². The van der Waals surface area contributed by atoms with E-state index < -0.39 is 31.4 Å². The fourth-order valence-corrected chi connectivity index (χ4v) is 4.52. The van der Waals surface area contributed by atoms with Crippen LogP contribution in [0.15, 0.2) is 30.3 Å². The first-order chi connectivity index (χ1) is 11.4. The van der Waals surface area contributed by atoms with Crippen molar-refractivity contribution in [2.45, 2.75) is 38.1 Å². The van der Waals surface area contributed by atoms with Crippen molar-refractivity contribution >= 4 is 19.2 Å². The maximum atomic E-state index is 12.2. The summed E-state index contributed by atoms with van der Waals surface area (Å²) < 4.78 is 12.2. The van der Waals surface area contributed by atoms with Crippen LogP contribution in [0.5, 0.6) is 0 Å². The molecule has 1 unspecified atom stereocenters. The van der Waals surface area contributed by atoms with Crippen molar-refractivity contribution in [1.82, 2.24) is 4.90 Å². The number of hydrogen-bond acceptors (Lipinski definition) is 3. The fraction of sp³-hybridized carbons (Fsp3) is 0.529. The number of nitrogens with zero attached hydrogens (tertiary/aromatic N) is 1. The maximum Gasteiger partial charge on any atom is 0.326 e. The molecule has 0 bridgehead atoms. The lowest BCUT2D eigenvalue weighted by Crippen LogP contribution is -2.41. The molecule has 1 aliphatic rings. The third-order valence-electron chi connectivity index (χ3n) is 4.31. The number of carboxylic acid groups (broad SMARTS) is 1. The van der Waals surface area contributed by atoms with E-state index in [-0.39, 0.29) is 6.16 Å². The highest BCUT2D eigenvalue weighted by molar-refractivity contribution is 7.58. The summed E-state index contributed by atoms with van der Waals surface area (Å²) in [4.78, 5) is 34.5. The van der Waals surface area contributed by atoms with Crippen molar-refractivity contribution in [2.24, 2.45) is 0 Å². The van der Waals surface area contributed by atoms with Crippen LogP contribution in [-0.4, -0.2) is 51.7 Å². The van der Waals surface area contributed by atoms with Crippen LogP contribution in [0.2, 0.25) is 0 Å². The Bertz CT molecular complexity index is 619. The van der Waals surface area contributed by atoms with Gasteiger partial charge in [0.25, 0.3) is 0 Å². The molecule has 2 atom stereocenters. The summed E-state index contributed by atoms with van der Waals surface area (Å²) in [5, 5.41) is 9.09. The normalized spacial score (nSPS) is 19.9. The highest BCUT2D eigenvalue weighted by Crippen LogP contribution is 2.42. The molecule has 1 amide bonds. The fourth-order valence-electron chi connectivity index (χ4n) is 3.04. The van der Waals surface area contributed by atoms with Gasteiger partial charge in [-0.15, -0.1) is 0 Å². The number of benzene rings is 1. The molecule has 1 saturated heterocycles. The first-order valence-electron chi connectivity index (χ1n) is 8.26. The molecule has 0 aliphatic carbocycles. The Morgan fingerprint density at radius 3 is 2.58 bits per heavy atom. The summed E-state index contributed by atoms with van der Waals surface area (Å²) in [5.74, 6) is -1.56. The van der Waals surface area contributed by atoms with Crippen molar-refractivity contribution in [1.29, 1.82) is 0 Å². The minimum absolute atomic E-state index is 0.0944. The van der Waals surface area contributed by atoms with Gasteiger partial charge in [0.15, 0.2) is 0 Å². The monoisotopic (exact) mass is 353 g/mol. The van der Waals surface area contributed by atoms with Crippen LogP contribution in [0.1, 0.15) is 31.2 Å². The number of likely N-dealkylation sites (tertiary alicyclic amines) is 1. The summed E-state index contributed by atoms with van der Waals surface area (Å²) in [5.41, 5.74) is 1.18. The average molecular weight is 353 g/mol. The number of aliphatic carboxylic acids is 1. The van der Waals surface area contributed by atoms with Gasteiger partial charge in [-0.25, -0.2) is 4.79 Å². The Labute approximate surface area is 141 Å².